The second-order valence-corrected chi connectivity index (χ2v) is 23.3. The van der Waals surface area contributed by atoms with Crippen molar-refractivity contribution < 1.29 is 57.2 Å². The molecule has 6 atom stereocenters. The maximum absolute atomic E-state index is 12.9. The Bertz CT molecular complexity index is 2360. The molecule has 4 aromatic heterocycles. The first kappa shape index (κ1) is 58.0. The molecule has 0 spiro atoms. The number of hydrogen-bond donors (Lipinski definition) is 0. The lowest BCUT2D eigenvalue weighted by atomic mass is 9.94. The molecule has 2 fully saturated rings. The van der Waals surface area contributed by atoms with Gasteiger partial charge in [-0.05, 0) is 157 Å². The Labute approximate surface area is 434 Å². The van der Waals surface area contributed by atoms with Gasteiger partial charge in [0.25, 0.3) is 0 Å². The Morgan fingerprint density at radius 2 is 0.851 bits per heavy atom. The summed E-state index contributed by atoms with van der Waals surface area (Å²) in [7, 11) is 2.73. The van der Waals surface area contributed by atoms with Crippen molar-refractivity contribution in [2.24, 2.45) is 23.7 Å². The molecule has 20 heteroatoms. The first-order chi connectivity index (χ1) is 34.3. The van der Waals surface area contributed by atoms with Crippen molar-refractivity contribution in [3.8, 4) is 11.6 Å². The van der Waals surface area contributed by atoms with Crippen LogP contribution in [0.1, 0.15) is 134 Å². The zero-order chi connectivity index (χ0) is 55.2. The van der Waals surface area contributed by atoms with Gasteiger partial charge in [-0.1, -0.05) is 26.0 Å². The van der Waals surface area contributed by atoms with Crippen molar-refractivity contribution in [1.29, 1.82) is 0 Å². The average molecular weight is 1030 g/mol. The van der Waals surface area contributed by atoms with Gasteiger partial charge in [0.15, 0.2) is 0 Å². The summed E-state index contributed by atoms with van der Waals surface area (Å²) in [5.41, 5.74) is -3.64. The Hall–Kier alpha value is -6.86. The lowest BCUT2D eigenvalue weighted by molar-refractivity contribution is -0.145. The number of pyridine rings is 2. The van der Waals surface area contributed by atoms with Gasteiger partial charge in [0.2, 0.25) is 0 Å². The van der Waals surface area contributed by atoms with Gasteiger partial charge in [-0.2, -0.15) is 0 Å². The van der Waals surface area contributed by atoms with Crippen molar-refractivity contribution in [3.63, 3.8) is 0 Å². The molecule has 0 bridgehead atoms. The number of amides is 4. The lowest BCUT2D eigenvalue weighted by Gasteiger charge is -2.30. The van der Waals surface area contributed by atoms with Gasteiger partial charge in [0.05, 0.1) is 25.6 Å². The number of nitrogens with zero attached hydrogens (tertiary/aromatic N) is 8. The second kappa shape index (κ2) is 22.7. The largest absolute Gasteiger partial charge is 0.468 e. The van der Waals surface area contributed by atoms with Crippen molar-refractivity contribution in [2.75, 3.05) is 27.3 Å². The molecule has 0 radical (unpaired) electrons. The summed E-state index contributed by atoms with van der Waals surface area (Å²) in [6.07, 6.45) is 9.43. The second-order valence-electron chi connectivity index (χ2n) is 23.3. The van der Waals surface area contributed by atoms with E-state index in [1.807, 2.05) is 50.2 Å². The molecule has 4 amide bonds. The number of ether oxygens (including phenoxy) is 6. The molecule has 0 N–H and O–H groups in total. The van der Waals surface area contributed by atoms with Gasteiger partial charge >= 0.3 is 36.3 Å². The smallest absolute Gasteiger partial charge is 0.419 e. The summed E-state index contributed by atoms with van der Waals surface area (Å²) in [6, 6.07) is 11.1. The molecular weight excluding hydrogens is 953 g/mol. The number of rotatable bonds is 14. The summed E-state index contributed by atoms with van der Waals surface area (Å²) in [4.78, 5) is 97.1. The van der Waals surface area contributed by atoms with E-state index in [1.165, 1.54) is 14.2 Å². The van der Waals surface area contributed by atoms with Gasteiger partial charge < -0.3 is 28.4 Å². The van der Waals surface area contributed by atoms with E-state index in [0.29, 0.717) is 48.7 Å². The molecule has 0 saturated heterocycles. The molecule has 0 aromatic carbocycles. The van der Waals surface area contributed by atoms with Crippen LogP contribution >= 0.6 is 0 Å². The van der Waals surface area contributed by atoms with E-state index in [2.05, 4.69) is 19.9 Å². The highest BCUT2D eigenvalue weighted by Gasteiger charge is 2.64. The number of carbonyl (C=O) groups excluding carboxylic acids is 6. The summed E-state index contributed by atoms with van der Waals surface area (Å²) >= 11 is 0. The quantitative estimate of drug-likeness (QED) is 0.0846. The molecule has 2 aliphatic carbocycles. The van der Waals surface area contributed by atoms with E-state index in [4.69, 9.17) is 28.4 Å². The number of methoxy groups -OCH3 is 2. The van der Waals surface area contributed by atoms with E-state index >= 15 is 0 Å². The molecule has 0 aliphatic heterocycles. The molecule has 6 rings (SSSR count). The molecule has 4 heterocycles. The standard InChI is InChI=1S/2C27H38N4O6/c2*1-18(15-31(23(33)36-25(2,3)4)24(34)37-26(5,6)7)13-19-14-27(19,22(32)35-8)20-16-30(17-29-20)21-11-9-10-12-28-21/h2*9-12,16-19H,13-15H2,1-8H3/t18-,19+,27-;18-,19-,27+/m11/s1. The SMILES string of the molecule is COC(=O)[C@@]1(c2cn(-c3ccccn3)cn2)C[C@H]1C[C@@H](C)CN(C(=O)OC(C)(C)C)C(=O)OC(C)(C)C.COC(=O)[C@]1(c2cn(-c3ccccn3)cn2)C[C@@H]1C[C@@H](C)CN(C(=O)OC(C)(C)C)C(=O)OC(C)(C)C. The third kappa shape index (κ3) is 15.1. The fraction of sp³-hybridized carbons (Fsp3) is 0.593. The molecule has 74 heavy (non-hydrogen) atoms. The highest BCUT2D eigenvalue weighted by atomic mass is 16.6. The minimum atomic E-state index is -0.883. The van der Waals surface area contributed by atoms with Gasteiger partial charge in [-0.15, -0.1) is 0 Å². The fourth-order valence-corrected chi connectivity index (χ4v) is 8.76. The molecule has 0 unspecified atom stereocenters. The third-order valence-electron chi connectivity index (χ3n) is 12.0. The predicted molar refractivity (Wildman–Crippen MR) is 272 cm³/mol. The Balaban J connectivity index is 0.000000274. The predicted octanol–water partition coefficient (Wildman–Crippen LogP) is 9.79. The van der Waals surface area contributed by atoms with Gasteiger partial charge in [0, 0.05) is 37.9 Å². The molecule has 20 nitrogen and oxygen atoms in total. The average Bonchev–Trinajstić information content (AvgIpc) is 3.99. The van der Waals surface area contributed by atoms with E-state index in [0.717, 1.165) is 9.80 Å². The molecule has 2 aliphatic rings. The van der Waals surface area contributed by atoms with Crippen molar-refractivity contribution in [2.45, 2.75) is 156 Å². The maximum atomic E-state index is 12.9. The van der Waals surface area contributed by atoms with E-state index in [1.54, 1.807) is 130 Å². The number of esters is 2. The van der Waals surface area contributed by atoms with Crippen LogP contribution in [0.4, 0.5) is 19.2 Å². The third-order valence-corrected chi connectivity index (χ3v) is 12.0. The monoisotopic (exact) mass is 1030 g/mol. The minimum Gasteiger partial charge on any atom is -0.468 e. The highest BCUT2D eigenvalue weighted by Crippen LogP contribution is 2.58. The van der Waals surface area contributed by atoms with Gasteiger partial charge in [-0.25, -0.2) is 48.9 Å². The maximum Gasteiger partial charge on any atom is 0.419 e. The summed E-state index contributed by atoms with van der Waals surface area (Å²) in [5, 5.41) is 0. The Kier molecular flexibility index (Phi) is 17.8. The summed E-state index contributed by atoms with van der Waals surface area (Å²) in [6.45, 7) is 24.9. The highest BCUT2D eigenvalue weighted by molar-refractivity contribution is 5.89. The van der Waals surface area contributed by atoms with Crippen LogP contribution in [0.2, 0.25) is 0 Å². The van der Waals surface area contributed by atoms with E-state index in [-0.39, 0.29) is 48.7 Å². The number of aromatic nitrogens is 6. The number of hydrogen-bond acceptors (Lipinski definition) is 16. The van der Waals surface area contributed by atoms with E-state index in [9.17, 15) is 28.8 Å². The Morgan fingerprint density at radius 3 is 1.11 bits per heavy atom. The van der Waals surface area contributed by atoms with Crippen LogP contribution in [0.3, 0.4) is 0 Å². The van der Waals surface area contributed by atoms with Crippen LogP contribution in [0.25, 0.3) is 11.6 Å². The first-order valence-electron chi connectivity index (χ1n) is 24.9. The van der Waals surface area contributed by atoms with Gasteiger partial charge in [-0.3, -0.25) is 18.7 Å². The van der Waals surface area contributed by atoms with Crippen LogP contribution in [-0.4, -0.2) is 125 Å². The lowest BCUT2D eigenvalue weighted by Crippen LogP contribution is -2.45. The molecule has 4 aromatic rings. The van der Waals surface area contributed by atoms with E-state index < -0.39 is 57.6 Å². The molecule has 2 saturated carbocycles. The number of carbonyl (C=O) groups is 6. The zero-order valence-corrected chi connectivity index (χ0v) is 46.0. The fourth-order valence-electron chi connectivity index (χ4n) is 8.76. The molecular formula is C54H76N8O12. The number of imide groups is 2. The van der Waals surface area contributed by atoms with Crippen LogP contribution in [0.5, 0.6) is 0 Å². The zero-order valence-electron chi connectivity index (χ0n) is 46.0. The molecule has 404 valence electrons. The summed E-state index contributed by atoms with van der Waals surface area (Å²) in [5.74, 6) is 0.250. The first-order valence-corrected chi connectivity index (χ1v) is 24.9. The van der Waals surface area contributed by atoms with Crippen LogP contribution < -0.4 is 0 Å². The van der Waals surface area contributed by atoms with Gasteiger partial charge in [0.1, 0.15) is 57.5 Å². The van der Waals surface area contributed by atoms with Crippen molar-refractivity contribution in [1.82, 2.24) is 38.9 Å². The van der Waals surface area contributed by atoms with Crippen LogP contribution in [-0.2, 0) is 48.8 Å². The van der Waals surface area contributed by atoms with Crippen LogP contribution in [0.15, 0.2) is 73.8 Å². The minimum absolute atomic E-state index is 0.0684. The summed E-state index contributed by atoms with van der Waals surface area (Å²) < 4.78 is 35.7. The topological polar surface area (TPSA) is 226 Å². The van der Waals surface area contributed by atoms with Crippen molar-refractivity contribution in [3.05, 3.63) is 85.2 Å². The normalized spacial score (nSPS) is 20.1. The van der Waals surface area contributed by atoms with Crippen molar-refractivity contribution >= 4 is 36.3 Å². The van der Waals surface area contributed by atoms with Crippen LogP contribution in [0, 0.1) is 23.7 Å². The number of imidazole rings is 2. The Morgan fingerprint density at radius 1 is 0.541 bits per heavy atom.